The minimum absolute atomic E-state index is 0.114. The maximum absolute atomic E-state index is 6.20. The summed E-state index contributed by atoms with van der Waals surface area (Å²) >= 11 is 0. The van der Waals surface area contributed by atoms with Gasteiger partial charge in [0.1, 0.15) is 11.6 Å². The Bertz CT molecular complexity index is 632. The van der Waals surface area contributed by atoms with Crippen LogP contribution in [-0.4, -0.2) is 41.0 Å². The van der Waals surface area contributed by atoms with Gasteiger partial charge < -0.3 is 11.1 Å². The van der Waals surface area contributed by atoms with Gasteiger partial charge in [0.15, 0.2) is 0 Å². The summed E-state index contributed by atoms with van der Waals surface area (Å²) in [6.45, 7) is 7.94. The second-order valence-corrected chi connectivity index (χ2v) is 5.86. The van der Waals surface area contributed by atoms with Crippen LogP contribution in [0.1, 0.15) is 28.6 Å². The SMILES string of the molecule is Cc1ccc(C(c2cnc(C)nc2N)N2CCNCC2)cc1. The Morgan fingerprint density at radius 3 is 2.45 bits per heavy atom. The number of aromatic nitrogens is 2. The van der Waals surface area contributed by atoms with E-state index in [4.69, 9.17) is 5.73 Å². The Balaban J connectivity index is 2.03. The number of anilines is 1. The highest BCUT2D eigenvalue weighted by molar-refractivity contribution is 5.45. The first-order valence-corrected chi connectivity index (χ1v) is 7.75. The van der Waals surface area contributed by atoms with Crippen molar-refractivity contribution in [2.45, 2.75) is 19.9 Å². The van der Waals surface area contributed by atoms with Crippen LogP contribution in [0.15, 0.2) is 30.5 Å². The van der Waals surface area contributed by atoms with Crippen molar-refractivity contribution in [3.63, 3.8) is 0 Å². The van der Waals surface area contributed by atoms with Gasteiger partial charge >= 0.3 is 0 Å². The topological polar surface area (TPSA) is 67.1 Å². The van der Waals surface area contributed by atoms with Crippen LogP contribution < -0.4 is 11.1 Å². The largest absolute Gasteiger partial charge is 0.383 e. The third-order valence-electron chi connectivity index (χ3n) is 4.17. The van der Waals surface area contributed by atoms with Crippen molar-refractivity contribution in [2.75, 3.05) is 31.9 Å². The number of hydrogen-bond acceptors (Lipinski definition) is 5. The predicted octanol–water partition coefficient (Wildman–Crippen LogP) is 1.67. The summed E-state index contributed by atoms with van der Waals surface area (Å²) in [7, 11) is 0. The first kappa shape index (κ1) is 14.9. The summed E-state index contributed by atoms with van der Waals surface area (Å²) in [6, 6.07) is 8.78. The zero-order valence-corrected chi connectivity index (χ0v) is 13.2. The van der Waals surface area contributed by atoms with Crippen molar-refractivity contribution in [1.29, 1.82) is 0 Å². The molecule has 0 saturated carbocycles. The standard InChI is InChI=1S/C17H23N5/c1-12-3-5-14(6-4-12)16(22-9-7-19-8-10-22)15-11-20-13(2)21-17(15)18/h3-6,11,16,19H,7-10H2,1-2H3,(H2,18,20,21). The lowest BCUT2D eigenvalue weighted by atomic mass is 9.97. The fraction of sp³-hybridized carbons (Fsp3) is 0.412. The molecule has 1 aliphatic heterocycles. The van der Waals surface area contributed by atoms with Crippen molar-refractivity contribution >= 4 is 5.82 Å². The van der Waals surface area contributed by atoms with Crippen molar-refractivity contribution in [3.05, 3.63) is 53.0 Å². The van der Waals surface area contributed by atoms with Crippen LogP contribution in [0.3, 0.4) is 0 Å². The summed E-state index contributed by atoms with van der Waals surface area (Å²) in [5, 5.41) is 3.40. The van der Waals surface area contributed by atoms with Gasteiger partial charge in [0, 0.05) is 37.9 Å². The molecule has 2 heterocycles. The van der Waals surface area contributed by atoms with Crippen molar-refractivity contribution in [3.8, 4) is 0 Å². The zero-order chi connectivity index (χ0) is 15.5. The molecule has 3 rings (SSSR count). The van der Waals surface area contributed by atoms with Gasteiger partial charge in [-0.1, -0.05) is 29.8 Å². The molecule has 1 saturated heterocycles. The predicted molar refractivity (Wildman–Crippen MR) is 88.6 cm³/mol. The fourth-order valence-corrected chi connectivity index (χ4v) is 2.98. The van der Waals surface area contributed by atoms with Gasteiger partial charge in [-0.2, -0.15) is 0 Å². The Hall–Kier alpha value is -1.98. The van der Waals surface area contributed by atoms with Gasteiger partial charge in [0.25, 0.3) is 0 Å². The Labute approximate surface area is 131 Å². The van der Waals surface area contributed by atoms with Crippen molar-refractivity contribution in [2.24, 2.45) is 0 Å². The molecule has 0 amide bonds. The van der Waals surface area contributed by atoms with Gasteiger partial charge in [-0.3, -0.25) is 4.90 Å². The third kappa shape index (κ3) is 3.10. The van der Waals surface area contributed by atoms with E-state index < -0.39 is 0 Å². The summed E-state index contributed by atoms with van der Waals surface area (Å²) in [5.74, 6) is 1.29. The molecule has 1 aromatic carbocycles. The number of hydrogen-bond donors (Lipinski definition) is 2. The van der Waals surface area contributed by atoms with Gasteiger partial charge in [0.05, 0.1) is 6.04 Å². The van der Waals surface area contributed by atoms with E-state index in [-0.39, 0.29) is 6.04 Å². The van der Waals surface area contributed by atoms with E-state index in [2.05, 4.69) is 51.4 Å². The molecule has 1 fully saturated rings. The molecule has 3 N–H and O–H groups in total. The van der Waals surface area contributed by atoms with Crippen LogP contribution in [-0.2, 0) is 0 Å². The van der Waals surface area contributed by atoms with E-state index in [9.17, 15) is 0 Å². The van der Waals surface area contributed by atoms with Gasteiger partial charge in [-0.05, 0) is 19.4 Å². The van der Waals surface area contributed by atoms with Gasteiger partial charge in [-0.25, -0.2) is 9.97 Å². The quantitative estimate of drug-likeness (QED) is 0.902. The molecule has 1 aromatic heterocycles. The summed E-state index contributed by atoms with van der Waals surface area (Å²) in [4.78, 5) is 11.2. The molecule has 0 radical (unpaired) electrons. The highest BCUT2D eigenvalue weighted by atomic mass is 15.2. The van der Waals surface area contributed by atoms with Crippen LogP contribution in [0, 0.1) is 13.8 Å². The fourth-order valence-electron chi connectivity index (χ4n) is 2.98. The van der Waals surface area contributed by atoms with E-state index in [0.717, 1.165) is 31.7 Å². The molecule has 116 valence electrons. The normalized spacial score (nSPS) is 17.4. The highest BCUT2D eigenvalue weighted by Gasteiger charge is 2.26. The Kier molecular flexibility index (Phi) is 4.36. The molecular weight excluding hydrogens is 274 g/mol. The average Bonchev–Trinajstić information content (AvgIpc) is 2.52. The Morgan fingerprint density at radius 1 is 1.14 bits per heavy atom. The monoisotopic (exact) mass is 297 g/mol. The van der Waals surface area contributed by atoms with Crippen molar-refractivity contribution < 1.29 is 0 Å². The van der Waals surface area contributed by atoms with Gasteiger partial charge in [-0.15, -0.1) is 0 Å². The number of aryl methyl sites for hydroxylation is 2. The maximum Gasteiger partial charge on any atom is 0.132 e. The van der Waals surface area contributed by atoms with E-state index in [1.165, 1.54) is 11.1 Å². The first-order chi connectivity index (χ1) is 10.6. The average molecular weight is 297 g/mol. The molecule has 0 spiro atoms. The molecule has 0 bridgehead atoms. The first-order valence-electron chi connectivity index (χ1n) is 7.75. The number of rotatable bonds is 3. The summed E-state index contributed by atoms with van der Waals surface area (Å²) in [5.41, 5.74) is 9.70. The molecule has 22 heavy (non-hydrogen) atoms. The third-order valence-corrected chi connectivity index (χ3v) is 4.17. The maximum atomic E-state index is 6.20. The van der Waals surface area contributed by atoms with Crippen LogP contribution in [0.4, 0.5) is 5.82 Å². The van der Waals surface area contributed by atoms with Crippen LogP contribution in [0.2, 0.25) is 0 Å². The second-order valence-electron chi connectivity index (χ2n) is 5.86. The van der Waals surface area contributed by atoms with Crippen LogP contribution in [0.25, 0.3) is 0 Å². The number of nitrogens with one attached hydrogen (secondary N) is 1. The molecule has 1 unspecified atom stereocenters. The van der Waals surface area contributed by atoms with E-state index >= 15 is 0 Å². The molecule has 5 nitrogen and oxygen atoms in total. The van der Waals surface area contributed by atoms with Crippen LogP contribution >= 0.6 is 0 Å². The lowest BCUT2D eigenvalue weighted by molar-refractivity contribution is 0.198. The summed E-state index contributed by atoms with van der Waals surface area (Å²) in [6.07, 6.45) is 1.88. The lowest BCUT2D eigenvalue weighted by Gasteiger charge is -2.35. The Morgan fingerprint density at radius 2 is 1.82 bits per heavy atom. The molecule has 0 aliphatic carbocycles. The zero-order valence-electron chi connectivity index (χ0n) is 13.2. The number of nitrogens with two attached hydrogens (primary N) is 1. The molecule has 1 aliphatic rings. The number of benzene rings is 1. The summed E-state index contributed by atoms with van der Waals surface area (Å²) < 4.78 is 0. The van der Waals surface area contributed by atoms with E-state index in [1.807, 2.05) is 13.1 Å². The van der Waals surface area contributed by atoms with Gasteiger partial charge in [0.2, 0.25) is 0 Å². The molecule has 1 atom stereocenters. The number of nitrogens with zero attached hydrogens (tertiary/aromatic N) is 3. The molecular formula is C17H23N5. The van der Waals surface area contributed by atoms with Crippen LogP contribution in [0.5, 0.6) is 0 Å². The minimum atomic E-state index is 0.114. The number of nitrogen functional groups attached to an aromatic ring is 1. The minimum Gasteiger partial charge on any atom is -0.383 e. The second kappa shape index (κ2) is 6.42. The molecule has 5 heteroatoms. The lowest BCUT2D eigenvalue weighted by Crippen LogP contribution is -2.45. The number of piperazine rings is 1. The molecule has 2 aromatic rings. The highest BCUT2D eigenvalue weighted by Crippen LogP contribution is 2.31. The van der Waals surface area contributed by atoms with Crippen molar-refractivity contribution in [1.82, 2.24) is 20.2 Å². The van der Waals surface area contributed by atoms with E-state index in [1.54, 1.807) is 0 Å². The smallest absolute Gasteiger partial charge is 0.132 e. The van der Waals surface area contributed by atoms with E-state index in [0.29, 0.717) is 11.6 Å².